The summed E-state index contributed by atoms with van der Waals surface area (Å²) in [6, 6.07) is 3.65. The van der Waals surface area contributed by atoms with Gasteiger partial charge in [-0.15, -0.1) is 0 Å². The molecule has 0 spiro atoms. The van der Waals surface area contributed by atoms with Gasteiger partial charge in [-0.05, 0) is 38.4 Å². The highest BCUT2D eigenvalue weighted by Gasteiger charge is 2.32. The van der Waals surface area contributed by atoms with E-state index in [9.17, 15) is 9.90 Å². The summed E-state index contributed by atoms with van der Waals surface area (Å²) in [5.74, 6) is 0.158. The zero-order valence-corrected chi connectivity index (χ0v) is 18.0. The zero-order valence-electron chi connectivity index (χ0n) is 18.0. The van der Waals surface area contributed by atoms with Gasteiger partial charge in [-0.25, -0.2) is 9.31 Å². The second kappa shape index (κ2) is 7.54. The van der Waals surface area contributed by atoms with E-state index in [1.165, 1.54) is 10.7 Å². The first-order valence-electron chi connectivity index (χ1n) is 10.1. The number of nitriles is 1. The second-order valence-electron chi connectivity index (χ2n) is 8.79. The zero-order chi connectivity index (χ0) is 22.3. The molecule has 9 nitrogen and oxygen atoms in total. The van der Waals surface area contributed by atoms with Crippen LogP contribution in [-0.2, 0) is 4.74 Å². The fraction of sp³-hybridized carbons (Fsp3) is 0.409. The van der Waals surface area contributed by atoms with Crippen LogP contribution < -0.4 is 0 Å². The van der Waals surface area contributed by atoms with Crippen molar-refractivity contribution in [2.45, 2.75) is 39.7 Å². The van der Waals surface area contributed by atoms with E-state index in [0.29, 0.717) is 24.2 Å². The number of pyridine rings is 1. The third kappa shape index (κ3) is 4.01. The molecule has 1 N–H and O–H groups in total. The normalized spacial score (nSPS) is 20.2. The summed E-state index contributed by atoms with van der Waals surface area (Å²) in [4.78, 5) is 14.0. The summed E-state index contributed by atoms with van der Waals surface area (Å²) in [5, 5.41) is 28.2. The molecule has 9 heteroatoms. The SMILES string of the molecule is CC1=C(c2cc(O)c3c(C#N)cnn3c2)C=N/[N+]1=C/C1CCN(C(=O)OC(C)(C)C)C1. The fourth-order valence-corrected chi connectivity index (χ4v) is 3.79. The number of aromatic hydroxyl groups is 1. The highest BCUT2D eigenvalue weighted by molar-refractivity contribution is 6.11. The molecule has 2 aliphatic rings. The van der Waals surface area contributed by atoms with Gasteiger partial charge in [0.25, 0.3) is 0 Å². The molecule has 0 radical (unpaired) electrons. The molecule has 0 saturated carbocycles. The van der Waals surface area contributed by atoms with E-state index in [1.54, 1.807) is 23.4 Å². The summed E-state index contributed by atoms with van der Waals surface area (Å²) in [7, 11) is 0. The quantitative estimate of drug-likeness (QED) is 0.751. The molecule has 0 aliphatic carbocycles. The monoisotopic (exact) mass is 421 g/mol. The molecule has 0 aromatic carbocycles. The first-order valence-corrected chi connectivity index (χ1v) is 10.1. The fourth-order valence-electron chi connectivity index (χ4n) is 3.79. The molecule has 2 aromatic rings. The van der Waals surface area contributed by atoms with Crippen molar-refractivity contribution in [3.63, 3.8) is 0 Å². The van der Waals surface area contributed by atoms with Crippen molar-refractivity contribution < 1.29 is 19.3 Å². The van der Waals surface area contributed by atoms with Gasteiger partial charge in [0.1, 0.15) is 34.7 Å². The van der Waals surface area contributed by atoms with Crippen molar-refractivity contribution in [1.29, 1.82) is 5.26 Å². The average Bonchev–Trinajstić information content (AvgIpc) is 3.40. The van der Waals surface area contributed by atoms with Gasteiger partial charge in [0.15, 0.2) is 6.21 Å². The minimum atomic E-state index is -0.512. The van der Waals surface area contributed by atoms with Crippen LogP contribution in [0, 0.1) is 17.2 Å². The van der Waals surface area contributed by atoms with Gasteiger partial charge < -0.3 is 14.7 Å². The standard InChI is InChI=1S/C22H24N6O3/c1-14-18(16-7-19(29)20-17(8-23)9-24-28(20)13-16)10-25-27(14)12-15-5-6-26(11-15)21(30)31-22(2,3)4/h7,9-10,12-13,15H,5-6,11H2,1-4H3/p+1/b27-12+. The summed E-state index contributed by atoms with van der Waals surface area (Å²) >= 11 is 0. The number of hydrogen-bond donors (Lipinski definition) is 1. The highest BCUT2D eigenvalue weighted by Crippen LogP contribution is 2.29. The Morgan fingerprint density at radius 2 is 2.23 bits per heavy atom. The van der Waals surface area contributed by atoms with Gasteiger partial charge in [0, 0.05) is 31.8 Å². The van der Waals surface area contributed by atoms with Gasteiger partial charge in [0.2, 0.25) is 5.70 Å². The lowest BCUT2D eigenvalue weighted by molar-refractivity contribution is -0.473. The van der Waals surface area contributed by atoms with Crippen molar-refractivity contribution in [3.8, 4) is 11.8 Å². The molecule has 2 aromatic heterocycles. The van der Waals surface area contributed by atoms with E-state index >= 15 is 0 Å². The Hall–Kier alpha value is -3.67. The maximum Gasteiger partial charge on any atom is 0.410 e. The molecule has 1 amide bonds. The minimum Gasteiger partial charge on any atom is -0.506 e. The van der Waals surface area contributed by atoms with Gasteiger partial charge in [-0.2, -0.15) is 10.4 Å². The Bertz CT molecular complexity index is 1190. The Balaban J connectivity index is 1.54. The van der Waals surface area contributed by atoms with Crippen LogP contribution in [0.4, 0.5) is 4.79 Å². The first-order chi connectivity index (χ1) is 14.7. The van der Waals surface area contributed by atoms with Crippen molar-refractivity contribution in [2.75, 3.05) is 13.1 Å². The smallest absolute Gasteiger partial charge is 0.410 e. The van der Waals surface area contributed by atoms with Crippen LogP contribution in [0.1, 0.15) is 45.2 Å². The largest absolute Gasteiger partial charge is 0.506 e. The molecule has 1 atom stereocenters. The van der Waals surface area contributed by atoms with Crippen molar-refractivity contribution >= 4 is 29.6 Å². The van der Waals surface area contributed by atoms with Crippen LogP contribution in [0.2, 0.25) is 0 Å². The molecule has 1 unspecified atom stereocenters. The Morgan fingerprint density at radius 1 is 1.45 bits per heavy atom. The Kier molecular flexibility index (Phi) is 5.01. The van der Waals surface area contributed by atoms with Gasteiger partial charge >= 0.3 is 6.09 Å². The number of carbonyl (C=O) groups is 1. The maximum absolute atomic E-state index is 12.3. The summed E-state index contributed by atoms with van der Waals surface area (Å²) in [6.07, 6.45) is 7.50. The number of carbonyl (C=O) groups excluding carboxylic acids is 1. The van der Waals surface area contributed by atoms with Gasteiger partial charge in [-0.1, -0.05) is 4.68 Å². The molecular formula is C22H25N6O3+. The van der Waals surface area contributed by atoms with E-state index in [4.69, 9.17) is 10.00 Å². The Morgan fingerprint density at radius 3 is 2.94 bits per heavy atom. The lowest BCUT2D eigenvalue weighted by Crippen LogP contribution is -2.35. The molecule has 4 heterocycles. The predicted octanol–water partition coefficient (Wildman–Crippen LogP) is 2.98. The number of nitrogens with zero attached hydrogens (tertiary/aromatic N) is 6. The number of hydrazone groups is 1. The number of aromatic nitrogens is 2. The molecule has 1 saturated heterocycles. The van der Waals surface area contributed by atoms with E-state index in [1.807, 2.05) is 44.7 Å². The van der Waals surface area contributed by atoms with Crippen molar-refractivity contribution in [1.82, 2.24) is 14.5 Å². The first kappa shape index (κ1) is 20.6. The lowest BCUT2D eigenvalue weighted by atomic mass is 10.1. The number of amides is 1. The summed E-state index contributed by atoms with van der Waals surface area (Å²) in [5.41, 5.74) is 2.70. The third-order valence-corrected chi connectivity index (χ3v) is 5.30. The van der Waals surface area contributed by atoms with Crippen molar-refractivity contribution in [3.05, 3.63) is 35.3 Å². The third-order valence-electron chi connectivity index (χ3n) is 5.30. The average molecular weight is 421 g/mol. The molecule has 1 fully saturated rings. The van der Waals surface area contributed by atoms with Crippen LogP contribution in [0.25, 0.3) is 11.1 Å². The second-order valence-corrected chi connectivity index (χ2v) is 8.79. The number of fused-ring (bicyclic) bond motifs is 1. The molecule has 0 bridgehead atoms. The van der Waals surface area contributed by atoms with Crippen LogP contribution >= 0.6 is 0 Å². The molecular weight excluding hydrogens is 396 g/mol. The van der Waals surface area contributed by atoms with E-state index in [0.717, 1.165) is 23.3 Å². The van der Waals surface area contributed by atoms with Crippen LogP contribution in [-0.4, -0.2) is 61.5 Å². The Labute approximate surface area is 180 Å². The highest BCUT2D eigenvalue weighted by atomic mass is 16.6. The maximum atomic E-state index is 12.3. The number of ether oxygens (including phenoxy) is 1. The van der Waals surface area contributed by atoms with Gasteiger partial charge in [0.05, 0.1) is 17.7 Å². The topological polar surface area (TPSA) is 106 Å². The van der Waals surface area contributed by atoms with E-state index in [-0.39, 0.29) is 17.8 Å². The molecule has 160 valence electrons. The molecule has 31 heavy (non-hydrogen) atoms. The molecule has 4 rings (SSSR count). The molecule has 2 aliphatic heterocycles. The number of allylic oxidation sites excluding steroid dienone is 2. The summed E-state index contributed by atoms with van der Waals surface area (Å²) in [6.45, 7) is 8.76. The predicted molar refractivity (Wildman–Crippen MR) is 115 cm³/mol. The van der Waals surface area contributed by atoms with Crippen LogP contribution in [0.15, 0.2) is 29.3 Å². The van der Waals surface area contributed by atoms with E-state index in [2.05, 4.69) is 10.2 Å². The lowest BCUT2D eigenvalue weighted by Gasteiger charge is -2.24. The van der Waals surface area contributed by atoms with E-state index < -0.39 is 5.60 Å². The number of rotatable bonds is 2. The van der Waals surface area contributed by atoms with Crippen LogP contribution in [0.5, 0.6) is 5.75 Å². The minimum absolute atomic E-state index is 0.00789. The van der Waals surface area contributed by atoms with Crippen LogP contribution in [0.3, 0.4) is 0 Å². The number of likely N-dealkylation sites (tertiary alicyclic amines) is 1. The summed E-state index contributed by atoms with van der Waals surface area (Å²) < 4.78 is 8.77. The van der Waals surface area contributed by atoms with Crippen molar-refractivity contribution in [2.24, 2.45) is 11.0 Å². The van der Waals surface area contributed by atoms with Gasteiger partial charge in [-0.3, -0.25) is 0 Å². The number of hydrogen-bond acceptors (Lipinski definition) is 6.